The molecule has 0 radical (unpaired) electrons. The molecule has 6 rings (SSSR count). The molecular formula is C29H36FN9O2. The summed E-state index contributed by atoms with van der Waals surface area (Å²) in [5.74, 6) is 1.05. The molecule has 3 aromatic heterocycles. The van der Waals surface area contributed by atoms with Gasteiger partial charge in [0.25, 0.3) is 5.91 Å². The van der Waals surface area contributed by atoms with Crippen molar-refractivity contribution >= 4 is 22.8 Å². The Hall–Kier alpha value is -4.09. The number of aromatic nitrogens is 7. The smallest absolute Gasteiger partial charge is 0.270 e. The molecule has 0 bridgehead atoms. The number of benzene rings is 1. The fourth-order valence-corrected chi connectivity index (χ4v) is 6.23. The Labute approximate surface area is 237 Å². The maximum absolute atomic E-state index is 16.1. The van der Waals surface area contributed by atoms with Crippen molar-refractivity contribution in [1.29, 1.82) is 0 Å². The van der Waals surface area contributed by atoms with Gasteiger partial charge in [0.1, 0.15) is 17.0 Å². The van der Waals surface area contributed by atoms with Gasteiger partial charge in [0, 0.05) is 32.8 Å². The molecule has 4 aromatic rings. The number of aromatic amines is 1. The van der Waals surface area contributed by atoms with E-state index in [0.29, 0.717) is 60.4 Å². The van der Waals surface area contributed by atoms with Gasteiger partial charge in [-0.05, 0) is 43.9 Å². The molecule has 12 heteroatoms. The van der Waals surface area contributed by atoms with Crippen LogP contribution in [0.4, 0.5) is 4.39 Å². The van der Waals surface area contributed by atoms with Crippen LogP contribution in [0.2, 0.25) is 0 Å². The summed E-state index contributed by atoms with van der Waals surface area (Å²) in [6.07, 6.45) is 9.30. The predicted molar refractivity (Wildman–Crippen MR) is 150 cm³/mol. The summed E-state index contributed by atoms with van der Waals surface area (Å²) >= 11 is 0. The number of hydrogen-bond acceptors (Lipinski definition) is 6. The van der Waals surface area contributed by atoms with Crippen LogP contribution in [0.15, 0.2) is 24.4 Å². The van der Waals surface area contributed by atoms with E-state index in [4.69, 9.17) is 4.98 Å². The highest BCUT2D eigenvalue weighted by molar-refractivity contribution is 5.92. The maximum atomic E-state index is 16.1. The van der Waals surface area contributed by atoms with E-state index in [2.05, 4.69) is 25.6 Å². The quantitative estimate of drug-likeness (QED) is 0.360. The van der Waals surface area contributed by atoms with Gasteiger partial charge in [-0.1, -0.05) is 32.1 Å². The zero-order valence-corrected chi connectivity index (χ0v) is 23.6. The summed E-state index contributed by atoms with van der Waals surface area (Å²) in [5.41, 5.74) is 1.57. The number of fused-ring (bicyclic) bond motifs is 2. The van der Waals surface area contributed by atoms with Crippen LogP contribution in [0.3, 0.4) is 0 Å². The molecule has 11 nitrogen and oxygen atoms in total. The first kappa shape index (κ1) is 27.1. The third-order valence-electron chi connectivity index (χ3n) is 8.50. The fraction of sp³-hybridized carbons (Fsp3) is 0.517. The molecule has 0 spiro atoms. The molecule has 2 amide bonds. The Morgan fingerprint density at radius 1 is 1.10 bits per heavy atom. The molecule has 2 N–H and O–H groups in total. The summed E-state index contributed by atoms with van der Waals surface area (Å²) < 4.78 is 19.6. The number of rotatable bonds is 6. The van der Waals surface area contributed by atoms with E-state index >= 15 is 4.39 Å². The van der Waals surface area contributed by atoms with Crippen molar-refractivity contribution in [3.8, 4) is 11.4 Å². The Kier molecular flexibility index (Phi) is 7.55. The second kappa shape index (κ2) is 11.4. The second-order valence-electron chi connectivity index (χ2n) is 11.1. The molecule has 1 atom stereocenters. The van der Waals surface area contributed by atoms with E-state index in [9.17, 15) is 9.59 Å². The van der Waals surface area contributed by atoms with Crippen molar-refractivity contribution in [2.24, 2.45) is 5.92 Å². The number of H-pyrrole nitrogens is 1. The van der Waals surface area contributed by atoms with Crippen molar-refractivity contribution in [1.82, 2.24) is 44.7 Å². The van der Waals surface area contributed by atoms with Crippen LogP contribution in [0, 0.1) is 11.7 Å². The number of amides is 2. The SMILES string of the molecule is CCn1nccc1C(=O)NC(c1nc2c(F)c(-c3nnc4n3CCN(C(C)=O)C4)ccc2[nH]1)C1CCCCCCC1. The lowest BCUT2D eigenvalue weighted by atomic mass is 9.85. The van der Waals surface area contributed by atoms with Gasteiger partial charge in [-0.15, -0.1) is 10.2 Å². The lowest BCUT2D eigenvalue weighted by molar-refractivity contribution is -0.130. The van der Waals surface area contributed by atoms with Gasteiger partial charge in [0.2, 0.25) is 5.91 Å². The summed E-state index contributed by atoms with van der Waals surface area (Å²) in [6.45, 7) is 5.41. The summed E-state index contributed by atoms with van der Waals surface area (Å²) in [4.78, 5) is 35.0. The monoisotopic (exact) mass is 561 g/mol. The summed E-state index contributed by atoms with van der Waals surface area (Å²) in [7, 11) is 0. The Bertz CT molecular complexity index is 1560. The van der Waals surface area contributed by atoms with Gasteiger partial charge >= 0.3 is 0 Å². The van der Waals surface area contributed by atoms with Crippen LogP contribution in [-0.2, 0) is 24.4 Å². The predicted octanol–water partition coefficient (Wildman–Crippen LogP) is 4.37. The fourth-order valence-electron chi connectivity index (χ4n) is 6.23. The molecule has 1 aliphatic heterocycles. The molecule has 1 aromatic carbocycles. The Morgan fingerprint density at radius 2 is 1.88 bits per heavy atom. The molecular weight excluding hydrogens is 525 g/mol. The van der Waals surface area contributed by atoms with Crippen LogP contribution >= 0.6 is 0 Å². The van der Waals surface area contributed by atoms with Gasteiger partial charge in [0.05, 0.1) is 23.7 Å². The normalized spacial score (nSPS) is 17.2. The van der Waals surface area contributed by atoms with Crippen LogP contribution in [0.1, 0.15) is 87.0 Å². The highest BCUT2D eigenvalue weighted by Crippen LogP contribution is 2.35. The number of carbonyl (C=O) groups excluding carboxylic acids is 2. The zero-order chi connectivity index (χ0) is 28.5. The Balaban J connectivity index is 1.35. The van der Waals surface area contributed by atoms with Gasteiger partial charge in [-0.25, -0.2) is 9.37 Å². The zero-order valence-electron chi connectivity index (χ0n) is 23.6. The molecule has 1 unspecified atom stereocenters. The van der Waals surface area contributed by atoms with Crippen LogP contribution in [0.5, 0.6) is 0 Å². The van der Waals surface area contributed by atoms with Crippen LogP contribution in [-0.4, -0.2) is 57.8 Å². The van der Waals surface area contributed by atoms with Crippen LogP contribution < -0.4 is 5.32 Å². The summed E-state index contributed by atoms with van der Waals surface area (Å²) in [6, 6.07) is 4.82. The number of carbonyl (C=O) groups is 2. The van der Waals surface area contributed by atoms with Crippen molar-refractivity contribution in [3.05, 3.63) is 47.6 Å². The third-order valence-corrected chi connectivity index (χ3v) is 8.50. The number of nitrogens with zero attached hydrogens (tertiary/aromatic N) is 7. The second-order valence-corrected chi connectivity index (χ2v) is 11.1. The van der Waals surface area contributed by atoms with E-state index in [1.54, 1.807) is 34.0 Å². The number of hydrogen-bond donors (Lipinski definition) is 2. The highest BCUT2D eigenvalue weighted by Gasteiger charge is 2.31. The third kappa shape index (κ3) is 5.22. The van der Waals surface area contributed by atoms with Crippen LogP contribution in [0.25, 0.3) is 22.4 Å². The molecule has 4 heterocycles. The Morgan fingerprint density at radius 3 is 2.63 bits per heavy atom. The number of aryl methyl sites for hydroxylation is 1. The average Bonchev–Trinajstić information content (AvgIpc) is 3.70. The van der Waals surface area contributed by atoms with Crippen molar-refractivity contribution in [2.75, 3.05) is 6.54 Å². The minimum Gasteiger partial charge on any atom is -0.340 e. The lowest BCUT2D eigenvalue weighted by Gasteiger charge is -2.28. The van der Waals surface area contributed by atoms with Gasteiger partial charge in [-0.2, -0.15) is 5.10 Å². The van der Waals surface area contributed by atoms with E-state index in [-0.39, 0.29) is 23.2 Å². The molecule has 41 heavy (non-hydrogen) atoms. The molecule has 1 fully saturated rings. The van der Waals surface area contributed by atoms with Gasteiger partial charge in [0.15, 0.2) is 17.5 Å². The minimum absolute atomic E-state index is 0.0254. The first-order valence-corrected chi connectivity index (χ1v) is 14.6. The lowest BCUT2D eigenvalue weighted by Crippen LogP contribution is -2.37. The van der Waals surface area contributed by atoms with E-state index in [0.717, 1.165) is 25.7 Å². The summed E-state index contributed by atoms with van der Waals surface area (Å²) in [5, 5.41) is 16.0. The number of imidazole rings is 1. The maximum Gasteiger partial charge on any atom is 0.270 e. The van der Waals surface area contributed by atoms with E-state index in [1.807, 2.05) is 11.5 Å². The average molecular weight is 562 g/mol. The first-order chi connectivity index (χ1) is 19.9. The number of nitrogens with one attached hydrogen (secondary N) is 2. The minimum atomic E-state index is -0.485. The van der Waals surface area contributed by atoms with Gasteiger partial charge < -0.3 is 19.8 Å². The molecule has 0 saturated heterocycles. The largest absolute Gasteiger partial charge is 0.340 e. The van der Waals surface area contributed by atoms with E-state index < -0.39 is 11.9 Å². The first-order valence-electron chi connectivity index (χ1n) is 14.6. The van der Waals surface area contributed by atoms with Crippen molar-refractivity contribution in [2.45, 2.75) is 84.5 Å². The molecule has 1 saturated carbocycles. The van der Waals surface area contributed by atoms with E-state index in [1.165, 1.54) is 26.2 Å². The van der Waals surface area contributed by atoms with Crippen molar-refractivity contribution < 1.29 is 14.0 Å². The highest BCUT2D eigenvalue weighted by atomic mass is 19.1. The number of halogens is 1. The molecule has 1 aliphatic carbocycles. The molecule has 2 aliphatic rings. The molecule has 216 valence electrons. The topological polar surface area (TPSA) is 127 Å². The standard InChI is InChI=1S/C29H36FN9O2/c1-3-39-22(13-14-31-39)29(41)34-25(19-9-7-5-4-6-8-10-19)27-32-21-12-11-20(24(30)26(21)33-27)28-36-35-23-17-37(18(2)40)15-16-38(23)28/h11-14,19,25H,3-10,15-17H2,1-2H3,(H,32,33)(H,34,41). The van der Waals surface area contributed by atoms with Crippen molar-refractivity contribution in [3.63, 3.8) is 0 Å². The van der Waals surface area contributed by atoms with Gasteiger partial charge in [-0.3, -0.25) is 14.3 Å².